The predicted octanol–water partition coefficient (Wildman–Crippen LogP) is 1.23. The van der Waals surface area contributed by atoms with Gasteiger partial charge >= 0.3 is 6.18 Å². The number of aromatic nitrogens is 2. The molecule has 102 valence electrons. The van der Waals surface area contributed by atoms with Crippen molar-refractivity contribution >= 4 is 11.6 Å². The molecule has 1 heterocycles. The van der Waals surface area contributed by atoms with Crippen LogP contribution in [0.5, 0.6) is 0 Å². The number of alkyl halides is 3. The van der Waals surface area contributed by atoms with Crippen molar-refractivity contribution in [3.8, 4) is 0 Å². The monoisotopic (exact) mass is 265 g/mol. The van der Waals surface area contributed by atoms with Crippen molar-refractivity contribution in [1.29, 1.82) is 0 Å². The fourth-order valence-electron chi connectivity index (χ4n) is 1.13. The van der Waals surface area contributed by atoms with Gasteiger partial charge in [-0.1, -0.05) is 0 Å². The van der Waals surface area contributed by atoms with Crippen molar-refractivity contribution in [2.45, 2.75) is 13.1 Å². The Morgan fingerprint density at radius 1 is 1.33 bits per heavy atom. The molecular formula is C9H14F3N5O. The predicted molar refractivity (Wildman–Crippen MR) is 59.8 cm³/mol. The van der Waals surface area contributed by atoms with E-state index >= 15 is 0 Å². The van der Waals surface area contributed by atoms with Crippen molar-refractivity contribution in [3.63, 3.8) is 0 Å². The smallest absolute Gasteiger partial charge is 0.380 e. The Bertz CT molecular complexity index is 385. The molecule has 0 aliphatic carbocycles. The third-order valence-electron chi connectivity index (χ3n) is 1.88. The third-order valence-corrected chi connectivity index (χ3v) is 1.88. The molecule has 0 saturated heterocycles. The number of ether oxygens (including phenoxy) is 1. The summed E-state index contributed by atoms with van der Waals surface area (Å²) in [6, 6.07) is 1.28. The van der Waals surface area contributed by atoms with Gasteiger partial charge in [0.2, 0.25) is 5.82 Å². The van der Waals surface area contributed by atoms with Crippen LogP contribution < -0.4 is 16.6 Å². The highest BCUT2D eigenvalue weighted by molar-refractivity contribution is 5.47. The van der Waals surface area contributed by atoms with Crippen LogP contribution in [-0.2, 0) is 10.9 Å². The Morgan fingerprint density at radius 3 is 2.56 bits per heavy atom. The lowest BCUT2D eigenvalue weighted by Gasteiger charge is -2.11. The van der Waals surface area contributed by atoms with E-state index in [0.717, 1.165) is 0 Å². The van der Waals surface area contributed by atoms with Crippen LogP contribution in [0.2, 0.25) is 0 Å². The van der Waals surface area contributed by atoms with Gasteiger partial charge in [0, 0.05) is 19.2 Å². The fraction of sp³-hybridized carbons (Fsp3) is 0.556. The van der Waals surface area contributed by atoms with E-state index in [2.05, 4.69) is 20.7 Å². The molecule has 0 fully saturated rings. The van der Waals surface area contributed by atoms with Gasteiger partial charge in [0.1, 0.15) is 11.6 Å². The SMILES string of the molecule is CCOCCNc1cc(NN)nc(C(F)(F)F)n1. The van der Waals surface area contributed by atoms with E-state index in [1.807, 2.05) is 6.92 Å². The Kier molecular flexibility index (Phi) is 5.10. The first kappa shape index (κ1) is 14.5. The van der Waals surface area contributed by atoms with Crippen LogP contribution >= 0.6 is 0 Å². The van der Waals surface area contributed by atoms with Gasteiger partial charge < -0.3 is 15.5 Å². The first-order valence-electron chi connectivity index (χ1n) is 5.22. The number of nitrogen functional groups attached to an aromatic ring is 1. The zero-order valence-corrected chi connectivity index (χ0v) is 9.71. The Balaban J connectivity index is 2.78. The molecule has 1 aromatic heterocycles. The first-order chi connectivity index (χ1) is 8.47. The number of nitrogens with one attached hydrogen (secondary N) is 2. The van der Waals surface area contributed by atoms with Gasteiger partial charge in [0.25, 0.3) is 0 Å². The highest BCUT2D eigenvalue weighted by Crippen LogP contribution is 2.28. The summed E-state index contributed by atoms with van der Waals surface area (Å²) in [5, 5.41) is 2.70. The van der Waals surface area contributed by atoms with Crippen molar-refractivity contribution in [3.05, 3.63) is 11.9 Å². The molecule has 0 saturated carbocycles. The molecule has 0 spiro atoms. The lowest BCUT2D eigenvalue weighted by atomic mass is 10.4. The maximum absolute atomic E-state index is 12.5. The second kappa shape index (κ2) is 6.36. The molecule has 0 radical (unpaired) electrons. The Labute approximate surface area is 102 Å². The minimum atomic E-state index is -4.62. The van der Waals surface area contributed by atoms with Gasteiger partial charge in [0.15, 0.2) is 0 Å². The van der Waals surface area contributed by atoms with E-state index in [1.54, 1.807) is 0 Å². The van der Waals surface area contributed by atoms with E-state index < -0.39 is 12.0 Å². The lowest BCUT2D eigenvalue weighted by molar-refractivity contribution is -0.144. The molecule has 0 aliphatic rings. The van der Waals surface area contributed by atoms with Crippen LogP contribution in [0.25, 0.3) is 0 Å². The summed E-state index contributed by atoms with van der Waals surface area (Å²) in [7, 11) is 0. The molecule has 0 unspecified atom stereocenters. The summed E-state index contributed by atoms with van der Waals surface area (Å²) in [6.07, 6.45) is -4.62. The van der Waals surface area contributed by atoms with Crippen LogP contribution in [0.4, 0.5) is 24.8 Å². The minimum Gasteiger partial charge on any atom is -0.380 e. The number of nitrogens with zero attached hydrogens (tertiary/aromatic N) is 2. The number of rotatable bonds is 6. The van der Waals surface area contributed by atoms with Crippen LogP contribution in [0.15, 0.2) is 6.07 Å². The Morgan fingerprint density at radius 2 is 2.00 bits per heavy atom. The molecule has 18 heavy (non-hydrogen) atoms. The molecule has 9 heteroatoms. The van der Waals surface area contributed by atoms with E-state index in [9.17, 15) is 13.2 Å². The number of hydrazine groups is 1. The first-order valence-corrected chi connectivity index (χ1v) is 5.22. The maximum Gasteiger partial charge on any atom is 0.451 e. The number of hydrogen-bond donors (Lipinski definition) is 3. The summed E-state index contributed by atoms with van der Waals surface area (Å²) < 4.78 is 42.5. The summed E-state index contributed by atoms with van der Waals surface area (Å²) in [5.74, 6) is 3.71. The number of hydrogen-bond acceptors (Lipinski definition) is 6. The van der Waals surface area contributed by atoms with Crippen molar-refractivity contribution in [2.75, 3.05) is 30.5 Å². The quantitative estimate of drug-likeness (QED) is 0.407. The highest BCUT2D eigenvalue weighted by atomic mass is 19.4. The van der Waals surface area contributed by atoms with Crippen molar-refractivity contribution in [2.24, 2.45) is 5.84 Å². The van der Waals surface area contributed by atoms with E-state index in [4.69, 9.17) is 10.6 Å². The number of halogens is 3. The number of nitrogens with two attached hydrogens (primary N) is 1. The molecule has 4 N–H and O–H groups in total. The van der Waals surface area contributed by atoms with E-state index in [0.29, 0.717) is 19.8 Å². The van der Waals surface area contributed by atoms with Gasteiger partial charge in [-0.3, -0.25) is 0 Å². The normalized spacial score (nSPS) is 11.4. The summed E-state index contributed by atoms with van der Waals surface area (Å²) in [6.45, 7) is 3.07. The van der Waals surface area contributed by atoms with Gasteiger partial charge in [0.05, 0.1) is 6.61 Å². The van der Waals surface area contributed by atoms with Crippen LogP contribution in [0.1, 0.15) is 12.7 Å². The minimum absolute atomic E-state index is 0.0324. The average Bonchev–Trinajstić information content (AvgIpc) is 2.33. The molecule has 0 aromatic carbocycles. The second-order valence-corrected chi connectivity index (χ2v) is 3.23. The third kappa shape index (κ3) is 4.34. The maximum atomic E-state index is 12.5. The van der Waals surface area contributed by atoms with Crippen LogP contribution in [0, 0.1) is 0 Å². The fourth-order valence-corrected chi connectivity index (χ4v) is 1.13. The number of anilines is 2. The van der Waals surface area contributed by atoms with Gasteiger partial charge in [-0.15, -0.1) is 0 Å². The van der Waals surface area contributed by atoms with Crippen LogP contribution in [-0.4, -0.2) is 29.7 Å². The molecule has 0 atom stereocenters. The zero-order valence-electron chi connectivity index (χ0n) is 9.71. The van der Waals surface area contributed by atoms with Gasteiger partial charge in [-0.2, -0.15) is 13.2 Å². The zero-order chi connectivity index (χ0) is 13.6. The standard InChI is InChI=1S/C9H14F3N5O/c1-2-18-4-3-14-6-5-7(17-13)16-8(15-6)9(10,11)12/h5H,2-4,13H2,1H3,(H2,14,15,16,17). The summed E-state index contributed by atoms with van der Waals surface area (Å²) >= 11 is 0. The molecule has 0 aliphatic heterocycles. The molecule has 1 aromatic rings. The average molecular weight is 265 g/mol. The van der Waals surface area contributed by atoms with Crippen molar-refractivity contribution in [1.82, 2.24) is 9.97 Å². The van der Waals surface area contributed by atoms with Crippen LogP contribution in [0.3, 0.4) is 0 Å². The molecule has 1 rings (SSSR count). The van der Waals surface area contributed by atoms with E-state index in [-0.39, 0.29) is 11.6 Å². The molecule has 0 bridgehead atoms. The second-order valence-electron chi connectivity index (χ2n) is 3.23. The molecular weight excluding hydrogens is 251 g/mol. The molecule has 0 amide bonds. The Hall–Kier alpha value is -1.61. The molecule has 6 nitrogen and oxygen atoms in total. The summed E-state index contributed by atoms with van der Waals surface area (Å²) in [4.78, 5) is 6.58. The van der Waals surface area contributed by atoms with Crippen molar-refractivity contribution < 1.29 is 17.9 Å². The summed E-state index contributed by atoms with van der Waals surface area (Å²) in [5.41, 5.74) is 2.06. The lowest BCUT2D eigenvalue weighted by Crippen LogP contribution is -2.18. The van der Waals surface area contributed by atoms with E-state index in [1.165, 1.54) is 6.07 Å². The highest BCUT2D eigenvalue weighted by Gasteiger charge is 2.35. The van der Waals surface area contributed by atoms with Gasteiger partial charge in [-0.25, -0.2) is 15.8 Å². The largest absolute Gasteiger partial charge is 0.451 e. The topological polar surface area (TPSA) is 85.1 Å². The van der Waals surface area contributed by atoms with Gasteiger partial charge in [-0.05, 0) is 6.92 Å².